The highest BCUT2D eigenvalue weighted by atomic mass is 19.4. The Hall–Kier alpha value is -0.290. The number of nitrogens with one attached hydrogen (secondary N) is 1. The highest BCUT2D eigenvalue weighted by Crippen LogP contribution is 2.30. The fourth-order valence-corrected chi connectivity index (χ4v) is 1.07. The lowest BCUT2D eigenvalue weighted by Crippen LogP contribution is -2.39. The van der Waals surface area contributed by atoms with Gasteiger partial charge in [0, 0.05) is 6.04 Å². The summed E-state index contributed by atoms with van der Waals surface area (Å²) in [5.41, 5.74) is 0. The summed E-state index contributed by atoms with van der Waals surface area (Å²) in [4.78, 5) is 2.12. The predicted molar refractivity (Wildman–Crippen MR) is 62.6 cm³/mol. The molecule has 0 aliphatic heterocycles. The highest BCUT2D eigenvalue weighted by Gasteiger charge is 2.40. The maximum Gasteiger partial charge on any atom is 0.393 e. The van der Waals surface area contributed by atoms with Crippen molar-refractivity contribution >= 4 is 0 Å². The third-order valence-electron chi connectivity index (χ3n) is 2.55. The third kappa shape index (κ3) is 8.97. The first kappa shape index (κ1) is 18.1. The van der Waals surface area contributed by atoms with Crippen molar-refractivity contribution in [3.8, 4) is 0 Å². The van der Waals surface area contributed by atoms with Gasteiger partial charge in [0.25, 0.3) is 0 Å². The topological polar surface area (TPSA) is 15.3 Å². The molecule has 0 amide bonds. The first-order valence-electron chi connectivity index (χ1n) is 5.59. The van der Waals surface area contributed by atoms with Gasteiger partial charge in [0.05, 0.1) is 5.92 Å². The van der Waals surface area contributed by atoms with Crippen LogP contribution in [0.4, 0.5) is 13.2 Å². The van der Waals surface area contributed by atoms with Crippen molar-refractivity contribution in [3.05, 3.63) is 0 Å². The van der Waals surface area contributed by atoms with E-state index in [1.54, 1.807) is 20.9 Å². The first-order chi connectivity index (χ1) is 7.20. The van der Waals surface area contributed by atoms with Crippen molar-refractivity contribution < 1.29 is 13.2 Å². The number of alkyl halides is 3. The van der Waals surface area contributed by atoms with E-state index in [0.717, 1.165) is 6.54 Å². The summed E-state index contributed by atoms with van der Waals surface area (Å²) >= 11 is 0. The lowest BCUT2D eigenvalue weighted by Gasteiger charge is -2.24. The fraction of sp³-hybridized carbons (Fsp3) is 1.00. The SMILES string of the molecule is CCC(C(C)NC)C(F)(F)F.CCN(C)C. The smallest absolute Gasteiger partial charge is 0.317 e. The van der Waals surface area contributed by atoms with Crippen molar-refractivity contribution in [1.29, 1.82) is 0 Å². The minimum atomic E-state index is -4.07. The average Bonchev–Trinajstić information content (AvgIpc) is 2.17. The van der Waals surface area contributed by atoms with Gasteiger partial charge >= 0.3 is 6.18 Å². The number of hydrogen-bond acceptors (Lipinski definition) is 2. The van der Waals surface area contributed by atoms with Crippen LogP contribution < -0.4 is 5.32 Å². The van der Waals surface area contributed by atoms with Crippen LogP contribution in [0.25, 0.3) is 0 Å². The molecule has 0 aromatic rings. The van der Waals surface area contributed by atoms with E-state index in [9.17, 15) is 13.2 Å². The summed E-state index contributed by atoms with van der Waals surface area (Å²) in [5.74, 6) is -1.23. The molecule has 0 spiro atoms. The summed E-state index contributed by atoms with van der Waals surface area (Å²) in [6.45, 7) is 6.35. The minimum Gasteiger partial charge on any atom is -0.317 e. The Morgan fingerprint density at radius 1 is 1.19 bits per heavy atom. The van der Waals surface area contributed by atoms with Crippen LogP contribution in [0.3, 0.4) is 0 Å². The monoisotopic (exact) mass is 242 g/mol. The van der Waals surface area contributed by atoms with E-state index < -0.39 is 18.1 Å². The molecule has 0 heterocycles. The van der Waals surface area contributed by atoms with E-state index in [4.69, 9.17) is 0 Å². The molecule has 2 unspecified atom stereocenters. The molecule has 5 heteroatoms. The van der Waals surface area contributed by atoms with Crippen LogP contribution in [-0.4, -0.2) is 44.8 Å². The van der Waals surface area contributed by atoms with Crippen molar-refractivity contribution in [1.82, 2.24) is 10.2 Å². The Morgan fingerprint density at radius 2 is 1.56 bits per heavy atom. The second-order valence-corrected chi connectivity index (χ2v) is 4.03. The van der Waals surface area contributed by atoms with Crippen molar-refractivity contribution in [2.75, 3.05) is 27.7 Å². The second kappa shape index (κ2) is 8.82. The lowest BCUT2D eigenvalue weighted by molar-refractivity contribution is -0.181. The van der Waals surface area contributed by atoms with Gasteiger partial charge in [-0.2, -0.15) is 13.2 Å². The third-order valence-corrected chi connectivity index (χ3v) is 2.55. The average molecular weight is 242 g/mol. The van der Waals surface area contributed by atoms with Crippen LogP contribution in [0.1, 0.15) is 27.2 Å². The summed E-state index contributed by atoms with van der Waals surface area (Å²) < 4.78 is 36.4. The molecule has 0 aliphatic rings. The van der Waals surface area contributed by atoms with Gasteiger partial charge in [-0.05, 0) is 41.0 Å². The Bertz CT molecular complexity index is 158. The molecule has 0 rings (SSSR count). The number of rotatable bonds is 4. The van der Waals surface area contributed by atoms with Crippen molar-refractivity contribution in [2.24, 2.45) is 5.92 Å². The Balaban J connectivity index is 0. The van der Waals surface area contributed by atoms with Gasteiger partial charge in [-0.15, -0.1) is 0 Å². The van der Waals surface area contributed by atoms with Gasteiger partial charge < -0.3 is 10.2 Å². The van der Waals surface area contributed by atoms with Gasteiger partial charge in [0.15, 0.2) is 0 Å². The van der Waals surface area contributed by atoms with E-state index in [0.29, 0.717) is 0 Å². The van der Waals surface area contributed by atoms with Crippen LogP contribution in [0.2, 0.25) is 0 Å². The zero-order chi connectivity index (χ0) is 13.4. The van der Waals surface area contributed by atoms with Gasteiger partial charge in [-0.25, -0.2) is 0 Å². The molecule has 1 N–H and O–H groups in total. The summed E-state index contributed by atoms with van der Waals surface area (Å²) in [6.07, 6.45) is -3.94. The van der Waals surface area contributed by atoms with Crippen LogP contribution in [0.5, 0.6) is 0 Å². The van der Waals surface area contributed by atoms with Crippen molar-refractivity contribution in [3.63, 3.8) is 0 Å². The lowest BCUT2D eigenvalue weighted by atomic mass is 9.98. The largest absolute Gasteiger partial charge is 0.393 e. The second-order valence-electron chi connectivity index (χ2n) is 4.03. The maximum absolute atomic E-state index is 12.1. The van der Waals surface area contributed by atoms with Gasteiger partial charge in [-0.1, -0.05) is 13.8 Å². The number of halogens is 3. The molecule has 0 saturated heterocycles. The quantitative estimate of drug-likeness (QED) is 0.815. The standard InChI is InChI=1S/C7H14F3N.C4H11N/c1-4-6(5(2)11-3)7(8,9)10;1-4-5(2)3/h5-6,11H,4H2,1-3H3;4H2,1-3H3. The van der Waals surface area contributed by atoms with Gasteiger partial charge in [0.2, 0.25) is 0 Å². The predicted octanol–water partition coefficient (Wildman–Crippen LogP) is 2.75. The molecule has 0 fully saturated rings. The van der Waals surface area contributed by atoms with E-state index in [1.165, 1.54) is 0 Å². The molecule has 2 nitrogen and oxygen atoms in total. The first-order valence-corrected chi connectivity index (χ1v) is 5.59. The zero-order valence-electron chi connectivity index (χ0n) is 11.2. The van der Waals surface area contributed by atoms with E-state index in [1.807, 2.05) is 0 Å². The molecule has 16 heavy (non-hydrogen) atoms. The van der Waals surface area contributed by atoms with Crippen LogP contribution in [-0.2, 0) is 0 Å². The summed E-state index contributed by atoms with van der Waals surface area (Å²) in [7, 11) is 5.65. The molecular weight excluding hydrogens is 217 g/mol. The summed E-state index contributed by atoms with van der Waals surface area (Å²) in [5, 5.41) is 2.60. The molecule has 0 bridgehead atoms. The fourth-order valence-electron chi connectivity index (χ4n) is 1.07. The minimum absolute atomic E-state index is 0.130. The Kier molecular flexibility index (Phi) is 9.96. The highest BCUT2D eigenvalue weighted by molar-refractivity contribution is 4.75. The molecule has 0 radical (unpaired) electrons. The Labute approximate surface area is 97.2 Å². The molecule has 0 saturated carbocycles. The van der Waals surface area contributed by atoms with Gasteiger partial charge in [-0.3, -0.25) is 0 Å². The van der Waals surface area contributed by atoms with E-state index >= 15 is 0 Å². The van der Waals surface area contributed by atoms with Gasteiger partial charge in [0.1, 0.15) is 0 Å². The molecule has 0 aliphatic carbocycles. The van der Waals surface area contributed by atoms with Crippen LogP contribution in [0, 0.1) is 5.92 Å². The number of hydrogen-bond donors (Lipinski definition) is 1. The maximum atomic E-state index is 12.1. The van der Waals surface area contributed by atoms with E-state index in [-0.39, 0.29) is 6.42 Å². The molecule has 0 aromatic carbocycles. The van der Waals surface area contributed by atoms with Crippen LogP contribution in [0.15, 0.2) is 0 Å². The van der Waals surface area contributed by atoms with Crippen LogP contribution >= 0.6 is 0 Å². The molecule has 0 aromatic heterocycles. The Morgan fingerprint density at radius 3 is 1.62 bits per heavy atom. The molecule has 2 atom stereocenters. The summed E-state index contributed by atoms with van der Waals surface area (Å²) in [6, 6.07) is -0.500. The van der Waals surface area contributed by atoms with Crippen molar-refractivity contribution in [2.45, 2.75) is 39.4 Å². The zero-order valence-corrected chi connectivity index (χ0v) is 11.2. The van der Waals surface area contributed by atoms with E-state index in [2.05, 4.69) is 31.2 Å². The molecular formula is C11H25F3N2. The number of nitrogens with zero attached hydrogens (tertiary/aromatic N) is 1. The molecule has 100 valence electrons. The normalized spacial score (nSPS) is 15.4.